The largest absolute Gasteiger partial charge is 0.497 e. The van der Waals surface area contributed by atoms with E-state index < -0.39 is 6.10 Å². The van der Waals surface area contributed by atoms with Crippen molar-refractivity contribution < 1.29 is 19.4 Å². The van der Waals surface area contributed by atoms with Gasteiger partial charge in [-0.3, -0.25) is 9.69 Å². The van der Waals surface area contributed by atoms with E-state index in [0.29, 0.717) is 13.0 Å². The zero-order chi connectivity index (χ0) is 20.8. The Morgan fingerprint density at radius 3 is 2.86 bits per heavy atom. The third-order valence-electron chi connectivity index (χ3n) is 5.49. The molecule has 3 atom stereocenters. The summed E-state index contributed by atoms with van der Waals surface area (Å²) in [6.07, 6.45) is 2.25. The van der Waals surface area contributed by atoms with Crippen molar-refractivity contribution in [2.45, 2.75) is 44.4 Å². The summed E-state index contributed by atoms with van der Waals surface area (Å²) in [6.45, 7) is 3.15. The van der Waals surface area contributed by atoms with Crippen LogP contribution in [0.1, 0.15) is 48.8 Å². The molecule has 1 amide bonds. The van der Waals surface area contributed by atoms with Crippen molar-refractivity contribution in [2.75, 3.05) is 27.3 Å². The zero-order valence-electron chi connectivity index (χ0n) is 17.3. The van der Waals surface area contributed by atoms with E-state index in [1.165, 1.54) is 0 Å². The molecule has 158 valence electrons. The monoisotopic (exact) mass is 418 g/mol. The number of aliphatic hydroxyl groups excluding tert-OH is 1. The molecule has 0 saturated carbocycles. The quantitative estimate of drug-likeness (QED) is 0.652. The Morgan fingerprint density at radius 2 is 2.17 bits per heavy atom. The van der Waals surface area contributed by atoms with E-state index in [1.807, 2.05) is 42.6 Å². The third-order valence-corrected chi connectivity index (χ3v) is 6.47. The number of aliphatic hydroxyl groups is 1. The van der Waals surface area contributed by atoms with Gasteiger partial charge in [0.2, 0.25) is 5.91 Å². The summed E-state index contributed by atoms with van der Waals surface area (Å²) in [7, 11) is 3.24. The lowest BCUT2D eigenvalue weighted by molar-refractivity contribution is -0.123. The van der Waals surface area contributed by atoms with Crippen LogP contribution in [0.25, 0.3) is 0 Å². The first-order chi connectivity index (χ1) is 14.0. The molecule has 6 nitrogen and oxygen atoms in total. The summed E-state index contributed by atoms with van der Waals surface area (Å²) in [6, 6.07) is 9.51. The second kappa shape index (κ2) is 10.1. The molecule has 1 aliphatic rings. The van der Waals surface area contributed by atoms with E-state index in [1.54, 1.807) is 25.6 Å². The smallest absolute Gasteiger partial charge is 0.234 e. The van der Waals surface area contributed by atoms with Crippen LogP contribution >= 0.6 is 11.3 Å². The molecule has 1 fully saturated rings. The van der Waals surface area contributed by atoms with Gasteiger partial charge in [0.05, 0.1) is 32.9 Å². The van der Waals surface area contributed by atoms with Gasteiger partial charge in [-0.05, 0) is 62.4 Å². The van der Waals surface area contributed by atoms with Gasteiger partial charge in [-0.2, -0.15) is 0 Å². The highest BCUT2D eigenvalue weighted by Gasteiger charge is 2.29. The minimum atomic E-state index is -0.469. The number of rotatable bonds is 9. The van der Waals surface area contributed by atoms with Crippen molar-refractivity contribution in [1.82, 2.24) is 10.2 Å². The lowest BCUT2D eigenvalue weighted by Crippen LogP contribution is -2.41. The second-order valence-corrected chi connectivity index (χ2v) is 8.41. The molecule has 0 unspecified atom stereocenters. The van der Waals surface area contributed by atoms with Crippen molar-refractivity contribution in [3.8, 4) is 11.5 Å². The van der Waals surface area contributed by atoms with Gasteiger partial charge in [0.1, 0.15) is 11.5 Å². The van der Waals surface area contributed by atoms with Crippen molar-refractivity contribution in [1.29, 1.82) is 0 Å². The number of carbonyl (C=O) groups excluding carboxylic acids is 1. The summed E-state index contributed by atoms with van der Waals surface area (Å²) >= 11 is 1.57. The van der Waals surface area contributed by atoms with E-state index in [9.17, 15) is 9.90 Å². The second-order valence-electron chi connectivity index (χ2n) is 7.43. The molecule has 0 aliphatic carbocycles. The number of carbonyl (C=O) groups is 1. The van der Waals surface area contributed by atoms with Crippen molar-refractivity contribution in [3.63, 3.8) is 0 Å². The first-order valence-electron chi connectivity index (χ1n) is 9.98. The Bertz CT molecular complexity index is 796. The first kappa shape index (κ1) is 21.6. The molecule has 7 heteroatoms. The van der Waals surface area contributed by atoms with Crippen molar-refractivity contribution in [3.05, 3.63) is 46.2 Å². The molecule has 0 spiro atoms. The van der Waals surface area contributed by atoms with Gasteiger partial charge in [-0.15, -0.1) is 11.3 Å². The first-order valence-corrected chi connectivity index (χ1v) is 10.9. The summed E-state index contributed by atoms with van der Waals surface area (Å²) in [5, 5.41) is 15.5. The average molecular weight is 419 g/mol. The van der Waals surface area contributed by atoms with Gasteiger partial charge in [-0.1, -0.05) is 6.07 Å². The van der Waals surface area contributed by atoms with E-state index in [2.05, 4.69) is 10.2 Å². The third kappa shape index (κ3) is 5.50. The maximum absolute atomic E-state index is 12.7. The number of likely N-dealkylation sites (tertiary alicyclic amines) is 1. The molecular weight excluding hydrogens is 388 g/mol. The average Bonchev–Trinajstić information content (AvgIpc) is 3.40. The fourth-order valence-electron chi connectivity index (χ4n) is 3.95. The predicted molar refractivity (Wildman–Crippen MR) is 115 cm³/mol. The number of nitrogens with zero attached hydrogens (tertiary/aromatic N) is 1. The Hall–Kier alpha value is -2.09. The highest BCUT2D eigenvalue weighted by molar-refractivity contribution is 7.10. The van der Waals surface area contributed by atoms with Crippen LogP contribution in [0.5, 0.6) is 11.5 Å². The minimum absolute atomic E-state index is 0.0279. The SMILES string of the molecule is COc1ccc(OC)c([C@H](C)NC(=O)CN2CCC[C@H]2C[C@@H](O)c2cccs2)c1. The predicted octanol–water partition coefficient (Wildman–Crippen LogP) is 3.53. The number of hydrogen-bond acceptors (Lipinski definition) is 6. The summed E-state index contributed by atoms with van der Waals surface area (Å²) in [5.74, 6) is 1.42. The van der Waals surface area contributed by atoms with Gasteiger partial charge in [-0.25, -0.2) is 0 Å². The van der Waals surface area contributed by atoms with Gasteiger partial charge in [0, 0.05) is 16.5 Å². The molecular formula is C22H30N2O4S. The minimum Gasteiger partial charge on any atom is -0.497 e. The summed E-state index contributed by atoms with van der Waals surface area (Å²) in [4.78, 5) is 15.9. The van der Waals surface area contributed by atoms with Crippen LogP contribution in [0.3, 0.4) is 0 Å². The maximum Gasteiger partial charge on any atom is 0.234 e. The lowest BCUT2D eigenvalue weighted by Gasteiger charge is -2.26. The highest BCUT2D eigenvalue weighted by atomic mass is 32.1. The molecule has 0 bridgehead atoms. The van der Waals surface area contributed by atoms with E-state index in [-0.39, 0.29) is 18.0 Å². The normalized spacial score (nSPS) is 19.0. The van der Waals surface area contributed by atoms with Crippen LogP contribution in [0.15, 0.2) is 35.7 Å². The zero-order valence-corrected chi connectivity index (χ0v) is 18.1. The van der Waals surface area contributed by atoms with Crippen LogP contribution in [0, 0.1) is 0 Å². The van der Waals surface area contributed by atoms with Gasteiger partial charge in [0.15, 0.2) is 0 Å². The number of ether oxygens (including phenoxy) is 2. The number of thiophene rings is 1. The summed E-state index contributed by atoms with van der Waals surface area (Å²) in [5.41, 5.74) is 0.881. The fraction of sp³-hybridized carbons (Fsp3) is 0.500. The molecule has 2 N–H and O–H groups in total. The molecule has 1 aromatic carbocycles. The lowest BCUT2D eigenvalue weighted by atomic mass is 10.1. The van der Waals surface area contributed by atoms with Gasteiger partial charge in [0.25, 0.3) is 0 Å². The highest BCUT2D eigenvalue weighted by Crippen LogP contribution is 2.31. The standard InChI is InChI=1S/C22H30N2O4S/c1-15(18-13-17(27-2)8-9-20(18)28-3)23-22(26)14-24-10-4-6-16(24)12-19(25)21-7-5-11-29-21/h5,7-9,11,13,15-16,19,25H,4,6,10,12,14H2,1-3H3,(H,23,26)/t15-,16-,19+/m0/s1. The van der Waals surface area contributed by atoms with Gasteiger partial charge >= 0.3 is 0 Å². The number of hydrogen-bond donors (Lipinski definition) is 2. The van der Waals surface area contributed by atoms with E-state index >= 15 is 0 Å². The van der Waals surface area contributed by atoms with Crippen LogP contribution in [0.2, 0.25) is 0 Å². The molecule has 0 radical (unpaired) electrons. The van der Waals surface area contributed by atoms with Crippen LogP contribution in [-0.2, 0) is 4.79 Å². The Morgan fingerprint density at radius 1 is 1.34 bits per heavy atom. The fourth-order valence-corrected chi connectivity index (χ4v) is 4.68. The van der Waals surface area contributed by atoms with Crippen molar-refractivity contribution in [2.24, 2.45) is 0 Å². The number of benzene rings is 1. The number of amides is 1. The number of methoxy groups -OCH3 is 2. The van der Waals surface area contributed by atoms with Crippen molar-refractivity contribution >= 4 is 17.2 Å². The van der Waals surface area contributed by atoms with Crippen LogP contribution in [0.4, 0.5) is 0 Å². The Kier molecular flexibility index (Phi) is 7.52. The molecule has 2 aromatic rings. The molecule has 1 saturated heterocycles. The Balaban J connectivity index is 1.58. The van der Waals surface area contributed by atoms with Gasteiger partial charge < -0.3 is 19.9 Å². The van der Waals surface area contributed by atoms with Crippen LogP contribution in [-0.4, -0.2) is 49.3 Å². The molecule has 3 rings (SSSR count). The Labute approximate surface area is 176 Å². The van der Waals surface area contributed by atoms with E-state index in [0.717, 1.165) is 41.3 Å². The summed E-state index contributed by atoms with van der Waals surface area (Å²) < 4.78 is 10.7. The van der Waals surface area contributed by atoms with E-state index in [4.69, 9.17) is 9.47 Å². The van der Waals surface area contributed by atoms with Crippen LogP contribution < -0.4 is 14.8 Å². The topological polar surface area (TPSA) is 71.0 Å². The molecule has 2 heterocycles. The number of nitrogens with one attached hydrogen (secondary N) is 1. The molecule has 1 aromatic heterocycles. The maximum atomic E-state index is 12.7. The molecule has 1 aliphatic heterocycles. The molecule has 29 heavy (non-hydrogen) atoms.